The summed E-state index contributed by atoms with van der Waals surface area (Å²) in [6.45, 7) is 0. The lowest BCUT2D eigenvalue weighted by Gasteiger charge is -2.08. The number of aromatic hydroxyl groups is 2. The summed E-state index contributed by atoms with van der Waals surface area (Å²) >= 11 is 3.26. The molecule has 0 radical (unpaired) electrons. The van der Waals surface area contributed by atoms with Crippen molar-refractivity contribution in [2.75, 3.05) is 6.26 Å². The van der Waals surface area contributed by atoms with Crippen LogP contribution in [-0.2, 0) is 0 Å². The molecule has 0 unspecified atom stereocenters. The molecule has 0 spiro atoms. The zero-order valence-electron chi connectivity index (χ0n) is 10.3. The second-order valence-electron chi connectivity index (χ2n) is 4.22. The largest absolute Gasteiger partial charge is 0.508 e. The fourth-order valence-electron chi connectivity index (χ4n) is 2.02. The lowest BCUT2D eigenvalue weighted by atomic mass is 10.1. The summed E-state index contributed by atoms with van der Waals surface area (Å²) in [7, 11) is 0. The van der Waals surface area contributed by atoms with E-state index in [1.54, 1.807) is 29.6 Å². The minimum Gasteiger partial charge on any atom is -0.508 e. The van der Waals surface area contributed by atoms with Gasteiger partial charge in [-0.2, -0.15) is 0 Å². The molecule has 0 fully saturated rings. The van der Waals surface area contributed by atoms with Gasteiger partial charge in [0.05, 0.1) is 0 Å². The standard InChI is InChI=1S/C15H12O2S2/c1-18-11-3-5-14-9(6-11)2-4-12-13(17)7-10(16)8-15(12)19-14/h2-8,16-17H,1H3. The Labute approximate surface area is 120 Å². The summed E-state index contributed by atoms with van der Waals surface area (Å²) in [5.41, 5.74) is 1.89. The molecule has 1 heterocycles. The van der Waals surface area contributed by atoms with E-state index in [4.69, 9.17) is 0 Å². The van der Waals surface area contributed by atoms with Crippen molar-refractivity contribution in [3.05, 3.63) is 41.5 Å². The summed E-state index contributed by atoms with van der Waals surface area (Å²) < 4.78 is 0. The molecule has 0 aliphatic carbocycles. The van der Waals surface area contributed by atoms with E-state index in [1.165, 1.54) is 11.0 Å². The summed E-state index contributed by atoms with van der Waals surface area (Å²) in [6.07, 6.45) is 5.95. The Kier molecular flexibility index (Phi) is 3.21. The van der Waals surface area contributed by atoms with E-state index in [0.717, 1.165) is 20.9 Å². The molecule has 0 amide bonds. The first kappa shape index (κ1) is 12.5. The number of hydrogen-bond acceptors (Lipinski definition) is 4. The highest BCUT2D eigenvalue weighted by Gasteiger charge is 2.14. The highest BCUT2D eigenvalue weighted by molar-refractivity contribution is 7.99. The zero-order chi connectivity index (χ0) is 13.4. The van der Waals surface area contributed by atoms with Gasteiger partial charge in [0.15, 0.2) is 0 Å². The van der Waals surface area contributed by atoms with Gasteiger partial charge in [0, 0.05) is 26.3 Å². The topological polar surface area (TPSA) is 40.5 Å². The van der Waals surface area contributed by atoms with Crippen LogP contribution in [0.15, 0.2) is 45.0 Å². The second kappa shape index (κ2) is 4.87. The molecule has 96 valence electrons. The number of phenols is 2. The normalized spacial score (nSPS) is 12.7. The van der Waals surface area contributed by atoms with E-state index in [1.807, 2.05) is 18.4 Å². The van der Waals surface area contributed by atoms with Gasteiger partial charge in [0.1, 0.15) is 11.5 Å². The van der Waals surface area contributed by atoms with Gasteiger partial charge in [-0.3, -0.25) is 0 Å². The molecule has 0 saturated heterocycles. The van der Waals surface area contributed by atoms with Crippen LogP contribution in [-0.4, -0.2) is 16.5 Å². The molecule has 0 bridgehead atoms. The highest BCUT2D eigenvalue weighted by atomic mass is 32.2. The Morgan fingerprint density at radius 2 is 1.84 bits per heavy atom. The van der Waals surface area contributed by atoms with Crippen LogP contribution in [0.25, 0.3) is 12.2 Å². The Balaban J connectivity index is 2.15. The van der Waals surface area contributed by atoms with Crippen LogP contribution in [0.5, 0.6) is 11.5 Å². The molecule has 0 atom stereocenters. The zero-order valence-corrected chi connectivity index (χ0v) is 11.9. The van der Waals surface area contributed by atoms with Crippen molar-refractivity contribution >= 4 is 35.7 Å². The number of phenolic OH excluding ortho intramolecular Hbond substituents is 2. The first-order valence-electron chi connectivity index (χ1n) is 5.77. The summed E-state index contributed by atoms with van der Waals surface area (Å²) in [4.78, 5) is 3.20. The minimum atomic E-state index is 0.0846. The van der Waals surface area contributed by atoms with Gasteiger partial charge in [-0.25, -0.2) is 0 Å². The van der Waals surface area contributed by atoms with Gasteiger partial charge in [0.2, 0.25) is 0 Å². The maximum Gasteiger partial charge on any atom is 0.127 e. The van der Waals surface area contributed by atoms with Crippen LogP contribution in [0.2, 0.25) is 0 Å². The number of thioether (sulfide) groups is 1. The molecule has 0 saturated carbocycles. The van der Waals surface area contributed by atoms with E-state index < -0.39 is 0 Å². The Morgan fingerprint density at radius 3 is 2.63 bits per heavy atom. The quantitative estimate of drug-likeness (QED) is 0.649. The molecule has 2 nitrogen and oxygen atoms in total. The average Bonchev–Trinajstić information content (AvgIpc) is 2.56. The number of fused-ring (bicyclic) bond motifs is 2. The van der Waals surface area contributed by atoms with Crippen LogP contribution in [0, 0.1) is 0 Å². The van der Waals surface area contributed by atoms with E-state index in [0.29, 0.717) is 0 Å². The van der Waals surface area contributed by atoms with Crippen molar-refractivity contribution in [2.45, 2.75) is 14.7 Å². The summed E-state index contributed by atoms with van der Waals surface area (Å²) in [5, 5.41) is 19.5. The molecule has 0 aromatic heterocycles. The maximum absolute atomic E-state index is 9.91. The van der Waals surface area contributed by atoms with Gasteiger partial charge in [-0.15, -0.1) is 11.8 Å². The molecule has 4 heteroatoms. The first-order valence-corrected chi connectivity index (χ1v) is 7.81. The van der Waals surface area contributed by atoms with Crippen molar-refractivity contribution in [1.29, 1.82) is 0 Å². The van der Waals surface area contributed by atoms with Crippen LogP contribution in [0.1, 0.15) is 11.1 Å². The van der Waals surface area contributed by atoms with Gasteiger partial charge < -0.3 is 10.2 Å². The smallest absolute Gasteiger partial charge is 0.127 e. The molecule has 2 aromatic carbocycles. The maximum atomic E-state index is 9.91. The number of benzene rings is 2. The Morgan fingerprint density at radius 1 is 1.00 bits per heavy atom. The van der Waals surface area contributed by atoms with Crippen LogP contribution < -0.4 is 0 Å². The van der Waals surface area contributed by atoms with Crippen LogP contribution >= 0.6 is 23.5 Å². The lowest BCUT2D eigenvalue weighted by molar-refractivity contribution is 0.447. The third kappa shape index (κ3) is 2.33. The molecule has 2 N–H and O–H groups in total. The summed E-state index contributed by atoms with van der Waals surface area (Å²) in [5.74, 6) is 0.193. The molecular weight excluding hydrogens is 276 g/mol. The molecular formula is C15H12O2S2. The fourth-order valence-corrected chi connectivity index (χ4v) is 3.55. The average molecular weight is 288 g/mol. The monoisotopic (exact) mass is 288 g/mol. The van der Waals surface area contributed by atoms with Crippen molar-refractivity contribution < 1.29 is 10.2 Å². The van der Waals surface area contributed by atoms with E-state index in [2.05, 4.69) is 18.2 Å². The van der Waals surface area contributed by atoms with Gasteiger partial charge in [-0.05, 0) is 42.2 Å². The van der Waals surface area contributed by atoms with E-state index >= 15 is 0 Å². The third-order valence-electron chi connectivity index (χ3n) is 2.97. The molecule has 19 heavy (non-hydrogen) atoms. The Bertz CT molecular complexity index is 678. The fraction of sp³-hybridized carbons (Fsp3) is 0.0667. The molecule has 1 aliphatic heterocycles. The van der Waals surface area contributed by atoms with Crippen LogP contribution in [0.3, 0.4) is 0 Å². The lowest BCUT2D eigenvalue weighted by Crippen LogP contribution is -1.81. The van der Waals surface area contributed by atoms with Crippen molar-refractivity contribution in [3.63, 3.8) is 0 Å². The van der Waals surface area contributed by atoms with Crippen molar-refractivity contribution in [1.82, 2.24) is 0 Å². The highest BCUT2D eigenvalue weighted by Crippen LogP contribution is 2.43. The van der Waals surface area contributed by atoms with Gasteiger partial charge in [0.25, 0.3) is 0 Å². The first-order chi connectivity index (χ1) is 9.17. The SMILES string of the molecule is CSc1ccc2c(c1)C=Cc1c(O)cc(O)cc1S2. The van der Waals surface area contributed by atoms with Gasteiger partial charge >= 0.3 is 0 Å². The van der Waals surface area contributed by atoms with Crippen molar-refractivity contribution in [3.8, 4) is 11.5 Å². The van der Waals surface area contributed by atoms with Crippen molar-refractivity contribution in [2.24, 2.45) is 0 Å². The molecule has 1 aliphatic rings. The molecule has 2 aromatic rings. The van der Waals surface area contributed by atoms with Gasteiger partial charge in [-0.1, -0.05) is 17.8 Å². The molecule has 3 rings (SSSR count). The van der Waals surface area contributed by atoms with E-state index in [9.17, 15) is 10.2 Å². The second-order valence-corrected chi connectivity index (χ2v) is 6.18. The van der Waals surface area contributed by atoms with E-state index in [-0.39, 0.29) is 11.5 Å². The third-order valence-corrected chi connectivity index (χ3v) is 4.85. The minimum absolute atomic E-state index is 0.0846. The number of rotatable bonds is 1. The predicted octanol–water partition coefficient (Wildman–Crippen LogP) is 4.45. The number of hydrogen-bond donors (Lipinski definition) is 2. The summed E-state index contributed by atoms with van der Waals surface area (Å²) in [6, 6.07) is 9.34. The van der Waals surface area contributed by atoms with Crippen LogP contribution in [0.4, 0.5) is 0 Å². The Hall–Kier alpha value is -1.52. The predicted molar refractivity (Wildman–Crippen MR) is 81.0 cm³/mol.